The van der Waals surface area contributed by atoms with Crippen molar-refractivity contribution in [2.75, 3.05) is 16.8 Å². The van der Waals surface area contributed by atoms with Crippen molar-refractivity contribution in [3.63, 3.8) is 0 Å². The Labute approximate surface area is 227 Å². The second kappa shape index (κ2) is 12.4. The maximum Gasteiger partial charge on any atom is 0.0461 e. The zero-order valence-corrected chi connectivity index (χ0v) is 22.2. The summed E-state index contributed by atoms with van der Waals surface area (Å²) in [6, 6.07) is 36.2. The Hall–Kier alpha value is -4.82. The van der Waals surface area contributed by atoms with Crippen molar-refractivity contribution in [1.29, 1.82) is 0 Å². The molecule has 188 valence electrons. The van der Waals surface area contributed by atoms with E-state index in [4.69, 9.17) is 0 Å². The van der Waals surface area contributed by atoms with Gasteiger partial charge in [0.05, 0.1) is 0 Å². The molecule has 0 aromatic heterocycles. The molecule has 0 atom stereocenters. The van der Waals surface area contributed by atoms with Gasteiger partial charge in [-0.2, -0.15) is 0 Å². The minimum Gasteiger partial charge on any atom is -0.345 e. The van der Waals surface area contributed by atoms with Crippen LogP contribution in [0, 0.1) is 0 Å². The minimum absolute atomic E-state index is 1.02. The first kappa shape index (κ1) is 26.2. The largest absolute Gasteiger partial charge is 0.345 e. The molecule has 0 aliphatic rings. The van der Waals surface area contributed by atoms with Gasteiger partial charge in [0.1, 0.15) is 0 Å². The standard InChI is InChI=1S/C36H34N2/c1-6-13-28(7-2)29-18-24-35(25-19-29)38(32(8-3)9-4)36-26-20-31(21-27-36)30-16-22-34(23-17-30)37(5)33-14-11-10-12-15-33/h6-27H,1-3H2,4-5H3/b28-13+,32-9+. The summed E-state index contributed by atoms with van der Waals surface area (Å²) in [5.74, 6) is 0. The van der Waals surface area contributed by atoms with E-state index < -0.39 is 0 Å². The Morgan fingerprint density at radius 3 is 1.58 bits per heavy atom. The van der Waals surface area contributed by atoms with Crippen LogP contribution in [-0.4, -0.2) is 7.05 Å². The van der Waals surface area contributed by atoms with Crippen LogP contribution in [0.5, 0.6) is 0 Å². The molecule has 0 N–H and O–H groups in total. The fraction of sp³-hybridized carbons (Fsp3) is 0.0556. The third-order valence-corrected chi connectivity index (χ3v) is 6.60. The van der Waals surface area contributed by atoms with Gasteiger partial charge in [-0.1, -0.05) is 98.6 Å². The minimum atomic E-state index is 1.02. The second-order valence-electron chi connectivity index (χ2n) is 8.85. The predicted octanol–water partition coefficient (Wildman–Crippen LogP) is 10.1. The maximum atomic E-state index is 4.05. The number of para-hydroxylation sites is 1. The van der Waals surface area contributed by atoms with Crippen LogP contribution < -0.4 is 9.80 Å². The van der Waals surface area contributed by atoms with Gasteiger partial charge in [0.15, 0.2) is 0 Å². The molecule has 0 saturated heterocycles. The number of hydrogen-bond acceptors (Lipinski definition) is 2. The molecule has 0 saturated carbocycles. The highest BCUT2D eigenvalue weighted by atomic mass is 15.1. The molecule has 0 heterocycles. The van der Waals surface area contributed by atoms with E-state index in [1.54, 1.807) is 6.08 Å². The van der Waals surface area contributed by atoms with Crippen molar-refractivity contribution >= 4 is 28.3 Å². The second-order valence-corrected chi connectivity index (χ2v) is 8.85. The molecular weight excluding hydrogens is 460 g/mol. The van der Waals surface area contributed by atoms with Crippen molar-refractivity contribution in [3.05, 3.63) is 165 Å². The van der Waals surface area contributed by atoms with Gasteiger partial charge in [-0.05, 0) is 83.8 Å². The number of hydrogen-bond donors (Lipinski definition) is 0. The molecule has 4 rings (SSSR count). The van der Waals surface area contributed by atoms with E-state index in [9.17, 15) is 0 Å². The molecule has 0 bridgehead atoms. The molecule has 0 aliphatic heterocycles. The lowest BCUT2D eigenvalue weighted by Gasteiger charge is -2.26. The van der Waals surface area contributed by atoms with Gasteiger partial charge < -0.3 is 9.80 Å². The SMILES string of the molecule is C=C/C=C(\C=C)c1ccc(N(/C(C=C)=C/C)c2ccc(-c3ccc(N(C)c4ccccc4)cc3)cc2)cc1. The van der Waals surface area contributed by atoms with Crippen molar-refractivity contribution < 1.29 is 0 Å². The van der Waals surface area contributed by atoms with Crippen LogP contribution >= 0.6 is 0 Å². The van der Waals surface area contributed by atoms with E-state index in [-0.39, 0.29) is 0 Å². The molecule has 4 aromatic carbocycles. The Morgan fingerprint density at radius 2 is 1.11 bits per heavy atom. The maximum absolute atomic E-state index is 4.05. The van der Waals surface area contributed by atoms with Gasteiger partial charge in [0.2, 0.25) is 0 Å². The average Bonchev–Trinajstić information content (AvgIpc) is 2.99. The summed E-state index contributed by atoms with van der Waals surface area (Å²) >= 11 is 0. The van der Waals surface area contributed by atoms with Crippen LogP contribution in [0.1, 0.15) is 12.5 Å². The van der Waals surface area contributed by atoms with Crippen molar-refractivity contribution in [2.24, 2.45) is 0 Å². The molecule has 2 heteroatoms. The highest BCUT2D eigenvalue weighted by Gasteiger charge is 2.13. The Morgan fingerprint density at radius 1 is 0.605 bits per heavy atom. The highest BCUT2D eigenvalue weighted by Crippen LogP contribution is 2.34. The summed E-state index contributed by atoms with van der Waals surface area (Å²) in [5, 5.41) is 0. The number of allylic oxidation sites excluding steroid dienone is 6. The zero-order chi connectivity index (χ0) is 26.9. The predicted molar refractivity (Wildman–Crippen MR) is 167 cm³/mol. The number of rotatable bonds is 10. The van der Waals surface area contributed by atoms with Gasteiger partial charge in [-0.25, -0.2) is 0 Å². The molecule has 0 fully saturated rings. The van der Waals surface area contributed by atoms with Crippen molar-refractivity contribution in [1.82, 2.24) is 0 Å². The number of benzene rings is 4. The monoisotopic (exact) mass is 494 g/mol. The molecule has 38 heavy (non-hydrogen) atoms. The topological polar surface area (TPSA) is 6.48 Å². The highest BCUT2D eigenvalue weighted by molar-refractivity contribution is 5.78. The van der Waals surface area contributed by atoms with Gasteiger partial charge in [0, 0.05) is 35.5 Å². The summed E-state index contributed by atoms with van der Waals surface area (Å²) in [4.78, 5) is 4.40. The van der Waals surface area contributed by atoms with Crippen molar-refractivity contribution in [2.45, 2.75) is 6.92 Å². The first-order chi connectivity index (χ1) is 18.6. The van der Waals surface area contributed by atoms with E-state index in [0.29, 0.717) is 0 Å². The van der Waals surface area contributed by atoms with Crippen LogP contribution in [0.2, 0.25) is 0 Å². The normalized spacial score (nSPS) is 11.5. The van der Waals surface area contributed by atoms with Crippen LogP contribution in [0.15, 0.2) is 159 Å². The Balaban J connectivity index is 1.61. The Kier molecular flexibility index (Phi) is 8.58. The van der Waals surface area contributed by atoms with E-state index in [1.165, 1.54) is 11.1 Å². The molecule has 0 amide bonds. The molecule has 4 aromatic rings. The van der Waals surface area contributed by atoms with E-state index in [2.05, 4.69) is 140 Å². The van der Waals surface area contributed by atoms with Crippen molar-refractivity contribution in [3.8, 4) is 11.1 Å². The third kappa shape index (κ3) is 5.77. The lowest BCUT2D eigenvalue weighted by atomic mass is 10.0. The van der Waals surface area contributed by atoms with Gasteiger partial charge in [-0.15, -0.1) is 0 Å². The smallest absolute Gasteiger partial charge is 0.0461 e. The lowest BCUT2D eigenvalue weighted by Crippen LogP contribution is -2.14. The third-order valence-electron chi connectivity index (χ3n) is 6.60. The van der Waals surface area contributed by atoms with E-state index in [0.717, 1.165) is 39.6 Å². The quantitative estimate of drug-likeness (QED) is 0.202. The van der Waals surface area contributed by atoms with Crippen LogP contribution in [0.4, 0.5) is 22.7 Å². The van der Waals surface area contributed by atoms with Crippen LogP contribution in [0.3, 0.4) is 0 Å². The molecule has 0 radical (unpaired) electrons. The first-order valence-electron chi connectivity index (χ1n) is 12.7. The fourth-order valence-corrected chi connectivity index (χ4v) is 4.48. The molecule has 2 nitrogen and oxygen atoms in total. The fourth-order valence-electron chi connectivity index (χ4n) is 4.48. The summed E-state index contributed by atoms with van der Waals surface area (Å²) < 4.78 is 0. The van der Waals surface area contributed by atoms with Gasteiger partial charge in [-0.3, -0.25) is 0 Å². The molecule has 0 spiro atoms. The van der Waals surface area contributed by atoms with Crippen LogP contribution in [0.25, 0.3) is 16.7 Å². The molecular formula is C36H34N2. The summed E-state index contributed by atoms with van der Waals surface area (Å²) in [5.41, 5.74) is 9.95. The number of anilines is 4. The summed E-state index contributed by atoms with van der Waals surface area (Å²) in [6.45, 7) is 13.8. The van der Waals surface area contributed by atoms with E-state index >= 15 is 0 Å². The lowest BCUT2D eigenvalue weighted by molar-refractivity contribution is 1.20. The molecule has 0 aliphatic carbocycles. The molecule has 0 unspecified atom stereocenters. The summed E-state index contributed by atoms with van der Waals surface area (Å²) in [6.07, 6.45) is 9.55. The van der Waals surface area contributed by atoms with Crippen LogP contribution in [-0.2, 0) is 0 Å². The van der Waals surface area contributed by atoms with E-state index in [1.807, 2.05) is 31.2 Å². The number of nitrogens with zero attached hydrogens (tertiary/aromatic N) is 2. The first-order valence-corrected chi connectivity index (χ1v) is 12.7. The van der Waals surface area contributed by atoms with Gasteiger partial charge >= 0.3 is 0 Å². The van der Waals surface area contributed by atoms with Gasteiger partial charge in [0.25, 0.3) is 0 Å². The summed E-state index contributed by atoms with van der Waals surface area (Å²) in [7, 11) is 2.09. The zero-order valence-electron chi connectivity index (χ0n) is 22.2. The Bertz CT molecular complexity index is 1440. The average molecular weight is 495 g/mol.